The lowest BCUT2D eigenvalue weighted by Gasteiger charge is -2.33. The lowest BCUT2D eigenvalue weighted by Crippen LogP contribution is -2.41. The number of rotatable bonds is 9. The number of piperidine rings is 1. The molecule has 0 bridgehead atoms. The van der Waals surface area contributed by atoms with Crippen molar-refractivity contribution in [3.05, 3.63) is 60.9 Å². The van der Waals surface area contributed by atoms with Crippen molar-refractivity contribution in [1.29, 1.82) is 0 Å². The van der Waals surface area contributed by atoms with Gasteiger partial charge < -0.3 is 24.4 Å². The maximum absolute atomic E-state index is 13.2. The molecule has 1 amide bonds. The molecule has 1 fully saturated rings. The SMILES string of the molecule is CCOc1ccc(OCC)c(NC(=O)[C@H]2CCCN(c3nccnc3Oc3ccccc3)C2)c1. The average Bonchev–Trinajstić information content (AvgIpc) is 2.87. The number of amides is 1. The topological polar surface area (TPSA) is 85.8 Å². The Morgan fingerprint density at radius 1 is 1.03 bits per heavy atom. The van der Waals surface area contributed by atoms with Gasteiger partial charge in [0.25, 0.3) is 5.88 Å². The quantitative estimate of drug-likeness (QED) is 0.483. The number of ether oxygens (including phenoxy) is 3. The first kappa shape index (κ1) is 23.4. The van der Waals surface area contributed by atoms with Gasteiger partial charge in [-0.25, -0.2) is 9.97 Å². The summed E-state index contributed by atoms with van der Waals surface area (Å²) in [6.45, 7) is 6.18. The van der Waals surface area contributed by atoms with Crippen molar-refractivity contribution in [2.24, 2.45) is 5.92 Å². The summed E-state index contributed by atoms with van der Waals surface area (Å²) < 4.78 is 17.3. The van der Waals surface area contributed by atoms with Gasteiger partial charge in [-0.15, -0.1) is 0 Å². The second kappa shape index (κ2) is 11.4. The van der Waals surface area contributed by atoms with E-state index >= 15 is 0 Å². The zero-order valence-electron chi connectivity index (χ0n) is 19.6. The first-order valence-electron chi connectivity index (χ1n) is 11.7. The Morgan fingerprint density at radius 2 is 1.82 bits per heavy atom. The normalized spacial score (nSPS) is 15.5. The summed E-state index contributed by atoms with van der Waals surface area (Å²) in [5.74, 6) is 2.79. The van der Waals surface area contributed by atoms with Crippen LogP contribution in [0.3, 0.4) is 0 Å². The number of nitrogens with zero attached hydrogens (tertiary/aromatic N) is 3. The van der Waals surface area contributed by atoms with Crippen LogP contribution < -0.4 is 24.4 Å². The van der Waals surface area contributed by atoms with Crippen LogP contribution in [-0.4, -0.2) is 42.2 Å². The molecule has 8 heteroatoms. The molecule has 0 unspecified atom stereocenters. The maximum atomic E-state index is 13.2. The van der Waals surface area contributed by atoms with Gasteiger partial charge in [0.15, 0.2) is 5.82 Å². The third-order valence-electron chi connectivity index (χ3n) is 5.52. The Bertz CT molecular complexity index is 1090. The highest BCUT2D eigenvalue weighted by Crippen LogP contribution is 2.33. The van der Waals surface area contributed by atoms with E-state index in [1.165, 1.54) is 0 Å². The molecular weight excluding hydrogens is 432 g/mol. The molecule has 2 heterocycles. The van der Waals surface area contributed by atoms with Crippen LogP contribution in [-0.2, 0) is 4.79 Å². The first-order valence-corrected chi connectivity index (χ1v) is 11.7. The van der Waals surface area contributed by atoms with Crippen LogP contribution in [0.2, 0.25) is 0 Å². The van der Waals surface area contributed by atoms with E-state index in [9.17, 15) is 4.79 Å². The molecule has 4 rings (SSSR count). The largest absolute Gasteiger partial charge is 0.494 e. The standard InChI is InChI=1S/C26H30N4O4/c1-3-32-21-12-13-23(33-4-2)22(17-21)29-25(31)19-9-8-16-30(18-19)24-26(28-15-14-27-24)34-20-10-6-5-7-11-20/h5-7,10-15,17,19H,3-4,8-9,16,18H2,1-2H3,(H,29,31)/t19-/m0/s1. The van der Waals surface area contributed by atoms with Gasteiger partial charge in [0.1, 0.15) is 17.2 Å². The molecule has 1 N–H and O–H groups in total. The lowest BCUT2D eigenvalue weighted by molar-refractivity contribution is -0.120. The predicted octanol–water partition coefficient (Wildman–Crippen LogP) is 4.92. The Hall–Kier alpha value is -3.81. The molecule has 34 heavy (non-hydrogen) atoms. The summed E-state index contributed by atoms with van der Waals surface area (Å²) in [5, 5.41) is 3.05. The first-order chi connectivity index (χ1) is 16.7. The van der Waals surface area contributed by atoms with Crippen molar-refractivity contribution in [2.75, 3.05) is 36.5 Å². The Labute approximate surface area is 199 Å². The fourth-order valence-corrected chi connectivity index (χ4v) is 3.97. The fourth-order valence-electron chi connectivity index (χ4n) is 3.97. The van der Waals surface area contributed by atoms with Gasteiger partial charge in [0.05, 0.1) is 24.8 Å². The van der Waals surface area contributed by atoms with Crippen molar-refractivity contribution in [1.82, 2.24) is 9.97 Å². The second-order valence-corrected chi connectivity index (χ2v) is 7.90. The molecule has 8 nitrogen and oxygen atoms in total. The minimum atomic E-state index is -0.217. The van der Waals surface area contributed by atoms with Crippen molar-refractivity contribution in [2.45, 2.75) is 26.7 Å². The van der Waals surface area contributed by atoms with Crippen LogP contribution in [0.5, 0.6) is 23.1 Å². The van der Waals surface area contributed by atoms with E-state index in [2.05, 4.69) is 20.2 Å². The third kappa shape index (κ3) is 5.75. The Morgan fingerprint density at radius 3 is 2.62 bits per heavy atom. The summed E-state index contributed by atoms with van der Waals surface area (Å²) in [7, 11) is 0. The molecule has 178 valence electrons. The summed E-state index contributed by atoms with van der Waals surface area (Å²) in [6, 6.07) is 15.0. The molecule has 1 saturated heterocycles. The zero-order valence-corrected chi connectivity index (χ0v) is 19.6. The molecular formula is C26H30N4O4. The van der Waals surface area contributed by atoms with Gasteiger partial charge in [0.2, 0.25) is 5.91 Å². The van der Waals surface area contributed by atoms with Crippen LogP contribution in [0.25, 0.3) is 0 Å². The minimum Gasteiger partial charge on any atom is -0.494 e. The van der Waals surface area contributed by atoms with E-state index in [1.807, 2.05) is 62.4 Å². The van der Waals surface area contributed by atoms with Gasteiger partial charge in [-0.1, -0.05) is 18.2 Å². The number of hydrogen-bond acceptors (Lipinski definition) is 7. The van der Waals surface area contributed by atoms with Crippen molar-refractivity contribution in [3.63, 3.8) is 0 Å². The van der Waals surface area contributed by atoms with Crippen molar-refractivity contribution >= 4 is 17.4 Å². The number of para-hydroxylation sites is 1. The van der Waals surface area contributed by atoms with Crippen molar-refractivity contribution < 1.29 is 19.0 Å². The number of benzene rings is 2. The van der Waals surface area contributed by atoms with E-state index in [1.54, 1.807) is 12.4 Å². The van der Waals surface area contributed by atoms with Gasteiger partial charge in [-0.3, -0.25) is 4.79 Å². The van der Waals surface area contributed by atoms with E-state index in [0.29, 0.717) is 54.4 Å². The van der Waals surface area contributed by atoms with Gasteiger partial charge in [0, 0.05) is 31.5 Å². The van der Waals surface area contributed by atoms with Gasteiger partial charge in [-0.2, -0.15) is 0 Å². The molecule has 1 aliphatic rings. The van der Waals surface area contributed by atoms with Crippen LogP contribution in [0.1, 0.15) is 26.7 Å². The highest BCUT2D eigenvalue weighted by molar-refractivity contribution is 5.94. The van der Waals surface area contributed by atoms with Gasteiger partial charge in [-0.05, 0) is 51.0 Å². The molecule has 1 aromatic heterocycles. The van der Waals surface area contributed by atoms with Crippen LogP contribution in [0, 0.1) is 5.92 Å². The molecule has 1 aliphatic heterocycles. The zero-order chi connectivity index (χ0) is 23.8. The predicted molar refractivity (Wildman–Crippen MR) is 131 cm³/mol. The molecule has 0 radical (unpaired) electrons. The summed E-state index contributed by atoms with van der Waals surface area (Å²) in [6.07, 6.45) is 4.89. The minimum absolute atomic E-state index is 0.0614. The fraction of sp³-hybridized carbons (Fsp3) is 0.346. The van der Waals surface area contributed by atoms with E-state index in [-0.39, 0.29) is 11.8 Å². The van der Waals surface area contributed by atoms with E-state index in [4.69, 9.17) is 14.2 Å². The highest BCUT2D eigenvalue weighted by Gasteiger charge is 2.29. The molecule has 2 aromatic carbocycles. The summed E-state index contributed by atoms with van der Waals surface area (Å²) in [5.41, 5.74) is 0.613. The van der Waals surface area contributed by atoms with E-state index in [0.717, 1.165) is 19.4 Å². The number of anilines is 2. The van der Waals surface area contributed by atoms with Crippen LogP contribution in [0.15, 0.2) is 60.9 Å². The van der Waals surface area contributed by atoms with Crippen LogP contribution in [0.4, 0.5) is 11.5 Å². The third-order valence-corrected chi connectivity index (χ3v) is 5.52. The lowest BCUT2D eigenvalue weighted by atomic mass is 9.97. The number of carbonyl (C=O) groups excluding carboxylic acids is 1. The maximum Gasteiger partial charge on any atom is 0.263 e. The summed E-state index contributed by atoms with van der Waals surface area (Å²) >= 11 is 0. The number of nitrogens with one attached hydrogen (secondary N) is 1. The molecule has 0 spiro atoms. The Kier molecular flexibility index (Phi) is 7.80. The summed E-state index contributed by atoms with van der Waals surface area (Å²) in [4.78, 5) is 24.2. The monoisotopic (exact) mass is 462 g/mol. The molecule has 3 aromatic rings. The number of hydrogen-bond donors (Lipinski definition) is 1. The number of aromatic nitrogens is 2. The van der Waals surface area contributed by atoms with Crippen molar-refractivity contribution in [3.8, 4) is 23.1 Å². The highest BCUT2D eigenvalue weighted by atomic mass is 16.5. The molecule has 1 atom stereocenters. The Balaban J connectivity index is 1.49. The van der Waals surface area contributed by atoms with Crippen LogP contribution >= 0.6 is 0 Å². The number of carbonyl (C=O) groups is 1. The smallest absolute Gasteiger partial charge is 0.263 e. The molecule has 0 aliphatic carbocycles. The second-order valence-electron chi connectivity index (χ2n) is 7.90. The van der Waals surface area contributed by atoms with E-state index < -0.39 is 0 Å². The average molecular weight is 463 g/mol. The molecule has 0 saturated carbocycles. The van der Waals surface area contributed by atoms with Gasteiger partial charge >= 0.3 is 0 Å².